The smallest absolute Gasteiger partial charge is 0.298 e. The van der Waals surface area contributed by atoms with Crippen molar-refractivity contribution in [1.29, 1.82) is 0 Å². The lowest BCUT2D eigenvalue weighted by Gasteiger charge is -2.03. The summed E-state index contributed by atoms with van der Waals surface area (Å²) in [6.07, 6.45) is 0. The number of benzene rings is 1. The van der Waals surface area contributed by atoms with Gasteiger partial charge in [0.25, 0.3) is 5.19 Å². The lowest BCUT2D eigenvalue weighted by molar-refractivity contribution is 0.469. The predicted octanol–water partition coefficient (Wildman–Crippen LogP) is 3.54. The van der Waals surface area contributed by atoms with Crippen molar-refractivity contribution < 1.29 is 9.13 Å². The topological polar surface area (TPSA) is 35.0 Å². The fourth-order valence-electron chi connectivity index (χ4n) is 0.969. The van der Waals surface area contributed by atoms with Crippen molar-refractivity contribution in [1.82, 2.24) is 9.36 Å². The van der Waals surface area contributed by atoms with Gasteiger partial charge in [0.1, 0.15) is 17.4 Å². The van der Waals surface area contributed by atoms with Gasteiger partial charge < -0.3 is 4.74 Å². The monoisotopic (exact) mass is 288 g/mol. The summed E-state index contributed by atoms with van der Waals surface area (Å²) in [6.45, 7) is 1.77. The van der Waals surface area contributed by atoms with E-state index < -0.39 is 0 Å². The predicted molar refractivity (Wildman–Crippen MR) is 58.8 cm³/mol. The van der Waals surface area contributed by atoms with Crippen molar-refractivity contribution in [2.24, 2.45) is 0 Å². The first-order valence-electron chi connectivity index (χ1n) is 4.08. The van der Waals surface area contributed by atoms with E-state index in [4.69, 9.17) is 4.74 Å². The normalized spacial score (nSPS) is 10.3. The number of rotatable bonds is 2. The lowest BCUT2D eigenvalue weighted by Crippen LogP contribution is -1.86. The van der Waals surface area contributed by atoms with Crippen LogP contribution in [0.25, 0.3) is 0 Å². The molecule has 0 amide bonds. The Morgan fingerprint density at radius 1 is 1.47 bits per heavy atom. The molecule has 3 nitrogen and oxygen atoms in total. The van der Waals surface area contributed by atoms with Crippen LogP contribution in [0.2, 0.25) is 0 Å². The Morgan fingerprint density at radius 2 is 2.27 bits per heavy atom. The van der Waals surface area contributed by atoms with Gasteiger partial charge in [0.15, 0.2) is 0 Å². The molecule has 0 aliphatic carbocycles. The van der Waals surface area contributed by atoms with Crippen LogP contribution in [0.4, 0.5) is 4.39 Å². The van der Waals surface area contributed by atoms with Gasteiger partial charge in [0.05, 0.1) is 4.47 Å². The number of aryl methyl sites for hydroxylation is 1. The van der Waals surface area contributed by atoms with Gasteiger partial charge >= 0.3 is 0 Å². The third-order valence-electron chi connectivity index (χ3n) is 1.60. The van der Waals surface area contributed by atoms with E-state index in [0.29, 0.717) is 21.2 Å². The van der Waals surface area contributed by atoms with E-state index in [1.54, 1.807) is 13.0 Å². The summed E-state index contributed by atoms with van der Waals surface area (Å²) in [5.74, 6) is 0.683. The Kier molecular flexibility index (Phi) is 2.97. The minimum Gasteiger partial charge on any atom is -0.429 e. The van der Waals surface area contributed by atoms with Crippen LogP contribution < -0.4 is 4.74 Å². The third-order valence-corrected chi connectivity index (χ3v) is 2.94. The number of ether oxygens (including phenoxy) is 1. The number of hydrogen-bond acceptors (Lipinski definition) is 4. The maximum atomic E-state index is 12.9. The largest absolute Gasteiger partial charge is 0.429 e. The molecule has 0 fully saturated rings. The Labute approximate surface area is 98.2 Å². The van der Waals surface area contributed by atoms with Crippen LogP contribution in [0, 0.1) is 12.7 Å². The van der Waals surface area contributed by atoms with E-state index in [0.717, 1.165) is 11.5 Å². The summed E-state index contributed by atoms with van der Waals surface area (Å²) in [7, 11) is 0. The maximum absolute atomic E-state index is 12.9. The minimum absolute atomic E-state index is 0.352. The summed E-state index contributed by atoms with van der Waals surface area (Å²) in [4.78, 5) is 4.02. The fraction of sp³-hybridized carbons (Fsp3) is 0.111. The molecule has 0 atom stereocenters. The molecule has 0 saturated carbocycles. The summed E-state index contributed by atoms with van der Waals surface area (Å²) < 4.78 is 22.9. The number of aromatic nitrogens is 2. The summed E-state index contributed by atoms with van der Waals surface area (Å²) in [5.41, 5.74) is 0. The number of hydrogen-bond donors (Lipinski definition) is 0. The van der Waals surface area contributed by atoms with Crippen LogP contribution in [0.3, 0.4) is 0 Å². The molecule has 1 aromatic carbocycles. The molecule has 6 heteroatoms. The quantitative estimate of drug-likeness (QED) is 0.848. The zero-order valence-electron chi connectivity index (χ0n) is 7.70. The summed E-state index contributed by atoms with van der Waals surface area (Å²) in [6, 6.07) is 4.22. The summed E-state index contributed by atoms with van der Waals surface area (Å²) in [5, 5.41) is 0.402. The van der Waals surface area contributed by atoms with Crippen LogP contribution in [-0.2, 0) is 0 Å². The summed E-state index contributed by atoms with van der Waals surface area (Å²) >= 11 is 4.39. The highest BCUT2D eigenvalue weighted by Gasteiger charge is 2.07. The van der Waals surface area contributed by atoms with E-state index in [1.807, 2.05) is 0 Å². The highest BCUT2D eigenvalue weighted by molar-refractivity contribution is 9.10. The van der Waals surface area contributed by atoms with E-state index in [9.17, 15) is 4.39 Å². The molecular formula is C9H6BrFN2OS. The highest BCUT2D eigenvalue weighted by Crippen LogP contribution is 2.30. The zero-order chi connectivity index (χ0) is 10.8. The van der Waals surface area contributed by atoms with Crippen LogP contribution in [0.1, 0.15) is 5.82 Å². The third kappa shape index (κ3) is 2.51. The van der Waals surface area contributed by atoms with E-state index in [2.05, 4.69) is 25.3 Å². The SMILES string of the molecule is Cc1nsc(Oc2cc(F)ccc2Br)n1. The van der Waals surface area contributed by atoms with Crippen LogP contribution in [0.5, 0.6) is 10.9 Å². The van der Waals surface area contributed by atoms with E-state index in [1.165, 1.54) is 12.1 Å². The van der Waals surface area contributed by atoms with Gasteiger partial charge in [-0.1, -0.05) is 0 Å². The molecule has 0 spiro atoms. The second-order valence-electron chi connectivity index (χ2n) is 2.78. The molecule has 1 aromatic heterocycles. The molecule has 0 unspecified atom stereocenters. The molecule has 15 heavy (non-hydrogen) atoms. The van der Waals surface area contributed by atoms with E-state index in [-0.39, 0.29) is 5.82 Å². The van der Waals surface area contributed by atoms with Crippen molar-refractivity contribution >= 4 is 27.5 Å². The molecule has 2 rings (SSSR count). The number of halogens is 2. The molecular weight excluding hydrogens is 283 g/mol. The fourth-order valence-corrected chi connectivity index (χ4v) is 1.85. The van der Waals surface area contributed by atoms with Crippen LogP contribution >= 0.6 is 27.5 Å². The van der Waals surface area contributed by atoms with Crippen LogP contribution in [0.15, 0.2) is 22.7 Å². The minimum atomic E-state index is -0.352. The maximum Gasteiger partial charge on any atom is 0.298 e. The van der Waals surface area contributed by atoms with Gasteiger partial charge in [-0.25, -0.2) is 4.39 Å². The molecule has 0 bridgehead atoms. The Hall–Kier alpha value is -1.01. The van der Waals surface area contributed by atoms with Crippen molar-refractivity contribution in [2.75, 3.05) is 0 Å². The highest BCUT2D eigenvalue weighted by atomic mass is 79.9. The van der Waals surface area contributed by atoms with Crippen molar-refractivity contribution in [3.63, 3.8) is 0 Å². The van der Waals surface area contributed by atoms with Gasteiger partial charge in [-0.2, -0.15) is 9.36 Å². The molecule has 0 radical (unpaired) electrons. The first kappa shape index (κ1) is 10.5. The van der Waals surface area contributed by atoms with Gasteiger partial charge in [-0.05, 0) is 35.0 Å². The second kappa shape index (κ2) is 4.24. The average Bonchev–Trinajstić information content (AvgIpc) is 2.58. The van der Waals surface area contributed by atoms with Gasteiger partial charge in [-0.15, -0.1) is 0 Å². The van der Waals surface area contributed by atoms with Gasteiger partial charge in [0, 0.05) is 17.6 Å². The van der Waals surface area contributed by atoms with Crippen molar-refractivity contribution in [3.05, 3.63) is 34.3 Å². The van der Waals surface area contributed by atoms with E-state index >= 15 is 0 Å². The molecule has 2 aromatic rings. The molecule has 0 aliphatic rings. The first-order chi connectivity index (χ1) is 7.15. The zero-order valence-corrected chi connectivity index (χ0v) is 10.1. The van der Waals surface area contributed by atoms with Gasteiger partial charge in [0.2, 0.25) is 0 Å². The molecule has 1 heterocycles. The lowest BCUT2D eigenvalue weighted by atomic mass is 10.3. The average molecular weight is 289 g/mol. The second-order valence-corrected chi connectivity index (χ2v) is 4.35. The molecule has 0 saturated heterocycles. The molecule has 0 aliphatic heterocycles. The Balaban J connectivity index is 2.27. The van der Waals surface area contributed by atoms with Crippen molar-refractivity contribution in [2.45, 2.75) is 6.92 Å². The first-order valence-corrected chi connectivity index (χ1v) is 5.65. The molecule has 78 valence electrons. The molecule has 0 N–H and O–H groups in total. The van der Waals surface area contributed by atoms with Gasteiger partial charge in [-0.3, -0.25) is 0 Å². The standard InChI is InChI=1S/C9H6BrFN2OS/c1-5-12-9(15-13-5)14-8-4-6(11)2-3-7(8)10/h2-4H,1H3. The van der Waals surface area contributed by atoms with Crippen molar-refractivity contribution in [3.8, 4) is 10.9 Å². The number of nitrogens with zero attached hydrogens (tertiary/aromatic N) is 2. The Morgan fingerprint density at radius 3 is 2.93 bits per heavy atom. The Bertz CT molecular complexity index is 489. The van der Waals surface area contributed by atoms with Crippen LogP contribution in [-0.4, -0.2) is 9.36 Å².